The summed E-state index contributed by atoms with van der Waals surface area (Å²) in [6.45, 7) is 2.80. The van der Waals surface area contributed by atoms with E-state index in [1.165, 1.54) is 0 Å². The van der Waals surface area contributed by atoms with Crippen LogP contribution in [0.25, 0.3) is 0 Å². The summed E-state index contributed by atoms with van der Waals surface area (Å²) in [6.07, 6.45) is 3.95. The summed E-state index contributed by atoms with van der Waals surface area (Å²) >= 11 is 0. The second-order valence-corrected chi connectivity index (χ2v) is 5.23. The molecule has 0 aliphatic heterocycles. The van der Waals surface area contributed by atoms with Crippen LogP contribution in [0.3, 0.4) is 0 Å². The van der Waals surface area contributed by atoms with Crippen LogP contribution in [0.15, 0.2) is 18.2 Å². The highest BCUT2D eigenvalue weighted by atomic mass is 16.6. The molecule has 116 valence electrons. The third kappa shape index (κ3) is 3.44. The summed E-state index contributed by atoms with van der Waals surface area (Å²) in [5.41, 5.74) is 0.554. The van der Waals surface area contributed by atoms with Crippen molar-refractivity contribution in [2.24, 2.45) is 0 Å². The second-order valence-electron chi connectivity index (χ2n) is 5.23. The van der Waals surface area contributed by atoms with E-state index in [2.05, 4.69) is 0 Å². The van der Waals surface area contributed by atoms with Gasteiger partial charge in [0.05, 0.1) is 18.1 Å². The van der Waals surface area contributed by atoms with Crippen molar-refractivity contribution in [2.45, 2.75) is 38.6 Å². The van der Waals surface area contributed by atoms with Crippen LogP contribution < -0.4 is 9.64 Å². The van der Waals surface area contributed by atoms with E-state index in [0.717, 1.165) is 25.7 Å². The first-order valence-electron chi connectivity index (χ1n) is 7.46. The summed E-state index contributed by atoms with van der Waals surface area (Å²) in [7, 11) is 0. The Morgan fingerprint density at radius 1 is 1.48 bits per heavy atom. The fourth-order valence-electron chi connectivity index (χ4n) is 2.56. The normalized spacial score (nSPS) is 14.6. The fourth-order valence-corrected chi connectivity index (χ4v) is 2.56. The summed E-state index contributed by atoms with van der Waals surface area (Å²) in [4.78, 5) is 13.0. The molecule has 0 aromatic heterocycles. The number of hydrogen-bond donors (Lipinski definition) is 1. The van der Waals surface area contributed by atoms with E-state index in [1.807, 2.05) is 11.8 Å². The number of nitrogens with zero attached hydrogens (tertiary/aromatic N) is 2. The number of aliphatic hydroxyl groups excluding tert-OH is 1. The van der Waals surface area contributed by atoms with Gasteiger partial charge in [0.1, 0.15) is 5.69 Å². The smallest absolute Gasteiger partial charge is 0.333 e. The third-order valence-corrected chi connectivity index (χ3v) is 3.79. The minimum absolute atomic E-state index is 0.00583. The molecule has 1 aliphatic rings. The number of rotatable bonds is 8. The van der Waals surface area contributed by atoms with Crippen molar-refractivity contribution < 1.29 is 14.8 Å². The summed E-state index contributed by atoms with van der Waals surface area (Å²) in [6, 6.07) is 5.42. The Morgan fingerprint density at radius 3 is 2.76 bits per heavy atom. The van der Waals surface area contributed by atoms with Crippen molar-refractivity contribution in [3.8, 4) is 5.75 Å². The van der Waals surface area contributed by atoms with Gasteiger partial charge >= 0.3 is 5.69 Å². The highest BCUT2D eigenvalue weighted by Gasteiger charge is 2.31. The Morgan fingerprint density at radius 2 is 2.24 bits per heavy atom. The van der Waals surface area contributed by atoms with Crippen LogP contribution in [0.1, 0.15) is 32.6 Å². The Balaban J connectivity index is 2.37. The Kier molecular flexibility index (Phi) is 5.38. The predicted octanol–water partition coefficient (Wildman–Crippen LogP) is 2.73. The highest BCUT2D eigenvalue weighted by Crippen LogP contribution is 2.40. The molecule has 0 amide bonds. The zero-order valence-electron chi connectivity index (χ0n) is 12.3. The number of benzene rings is 1. The SMILES string of the molecule is CCCOc1cccc(N(CCO)C2CCC2)c1[N+](=O)[O-]. The molecule has 0 radical (unpaired) electrons. The standard InChI is InChI=1S/C15H22N2O4/c1-2-11-21-14-8-4-7-13(15(14)17(19)20)16(9-10-18)12-5-3-6-12/h4,7-8,12,18H,2-3,5-6,9-11H2,1H3. The quantitative estimate of drug-likeness (QED) is 0.589. The van der Waals surface area contributed by atoms with E-state index in [1.54, 1.807) is 18.2 Å². The van der Waals surface area contributed by atoms with Gasteiger partial charge in [-0.2, -0.15) is 0 Å². The largest absolute Gasteiger partial charge is 0.487 e. The molecule has 1 aromatic rings. The summed E-state index contributed by atoms with van der Waals surface area (Å²) in [5.74, 6) is 0.307. The van der Waals surface area contributed by atoms with Crippen molar-refractivity contribution in [1.82, 2.24) is 0 Å². The maximum atomic E-state index is 11.5. The monoisotopic (exact) mass is 294 g/mol. The molecule has 6 nitrogen and oxygen atoms in total. The first kappa shape index (κ1) is 15.6. The Bertz CT molecular complexity index is 489. The molecular formula is C15H22N2O4. The molecule has 1 aliphatic carbocycles. The molecule has 1 saturated carbocycles. The second kappa shape index (κ2) is 7.26. The number of para-hydroxylation sites is 1. The van der Waals surface area contributed by atoms with Gasteiger partial charge in [-0.05, 0) is 37.8 Å². The van der Waals surface area contributed by atoms with Crippen LogP contribution >= 0.6 is 0 Å². The highest BCUT2D eigenvalue weighted by molar-refractivity contribution is 5.70. The summed E-state index contributed by atoms with van der Waals surface area (Å²) < 4.78 is 5.52. The van der Waals surface area contributed by atoms with Gasteiger partial charge in [-0.15, -0.1) is 0 Å². The van der Waals surface area contributed by atoms with E-state index in [-0.39, 0.29) is 23.3 Å². The Hall–Kier alpha value is -1.82. The number of hydrogen-bond acceptors (Lipinski definition) is 5. The van der Waals surface area contributed by atoms with Gasteiger partial charge in [-0.3, -0.25) is 10.1 Å². The number of nitro groups is 1. The lowest BCUT2D eigenvalue weighted by Crippen LogP contribution is -2.42. The fraction of sp³-hybridized carbons (Fsp3) is 0.600. The minimum atomic E-state index is -0.386. The Labute approximate surface area is 124 Å². The topological polar surface area (TPSA) is 75.8 Å². The first-order valence-corrected chi connectivity index (χ1v) is 7.46. The van der Waals surface area contributed by atoms with Crippen molar-refractivity contribution in [2.75, 3.05) is 24.7 Å². The number of ether oxygens (including phenoxy) is 1. The molecule has 2 rings (SSSR count). The molecule has 21 heavy (non-hydrogen) atoms. The van der Waals surface area contributed by atoms with Crippen molar-refractivity contribution in [3.63, 3.8) is 0 Å². The number of aliphatic hydroxyl groups is 1. The lowest BCUT2D eigenvalue weighted by atomic mass is 9.91. The molecule has 0 heterocycles. The van der Waals surface area contributed by atoms with E-state index in [4.69, 9.17) is 4.74 Å². The molecule has 1 fully saturated rings. The molecule has 6 heteroatoms. The molecular weight excluding hydrogens is 272 g/mol. The van der Waals surface area contributed by atoms with Crippen LogP contribution in [0, 0.1) is 10.1 Å². The third-order valence-electron chi connectivity index (χ3n) is 3.79. The van der Waals surface area contributed by atoms with Gasteiger partial charge in [-0.25, -0.2) is 0 Å². The zero-order chi connectivity index (χ0) is 15.2. The van der Waals surface area contributed by atoms with Crippen molar-refractivity contribution >= 4 is 11.4 Å². The molecule has 1 N–H and O–H groups in total. The molecule has 0 bridgehead atoms. The molecule has 0 atom stereocenters. The van der Waals surface area contributed by atoms with E-state index in [0.29, 0.717) is 24.6 Å². The van der Waals surface area contributed by atoms with E-state index >= 15 is 0 Å². The van der Waals surface area contributed by atoms with Gasteiger partial charge in [-0.1, -0.05) is 13.0 Å². The van der Waals surface area contributed by atoms with Crippen LogP contribution in [0.4, 0.5) is 11.4 Å². The maximum absolute atomic E-state index is 11.5. The molecule has 0 unspecified atom stereocenters. The maximum Gasteiger partial charge on any atom is 0.333 e. The number of anilines is 1. The predicted molar refractivity (Wildman–Crippen MR) is 81.0 cm³/mol. The van der Waals surface area contributed by atoms with E-state index < -0.39 is 0 Å². The van der Waals surface area contributed by atoms with Crippen LogP contribution in [-0.2, 0) is 0 Å². The first-order chi connectivity index (χ1) is 10.2. The lowest BCUT2D eigenvalue weighted by Gasteiger charge is -2.38. The average molecular weight is 294 g/mol. The van der Waals surface area contributed by atoms with Gasteiger partial charge in [0, 0.05) is 12.6 Å². The van der Waals surface area contributed by atoms with Gasteiger partial charge < -0.3 is 14.7 Å². The van der Waals surface area contributed by atoms with Gasteiger partial charge in [0.25, 0.3) is 0 Å². The van der Waals surface area contributed by atoms with Crippen LogP contribution in [0.5, 0.6) is 5.75 Å². The van der Waals surface area contributed by atoms with Gasteiger partial charge in [0.15, 0.2) is 5.75 Å². The minimum Gasteiger partial charge on any atom is -0.487 e. The molecule has 0 saturated heterocycles. The van der Waals surface area contributed by atoms with E-state index in [9.17, 15) is 15.2 Å². The van der Waals surface area contributed by atoms with Crippen molar-refractivity contribution in [3.05, 3.63) is 28.3 Å². The molecule has 1 aromatic carbocycles. The van der Waals surface area contributed by atoms with Crippen molar-refractivity contribution in [1.29, 1.82) is 0 Å². The number of nitro benzene ring substituents is 1. The molecule has 0 spiro atoms. The van der Waals surface area contributed by atoms with Crippen LogP contribution in [0.2, 0.25) is 0 Å². The average Bonchev–Trinajstić information content (AvgIpc) is 2.42. The zero-order valence-corrected chi connectivity index (χ0v) is 12.3. The van der Waals surface area contributed by atoms with Gasteiger partial charge in [0.2, 0.25) is 0 Å². The summed E-state index contributed by atoms with van der Waals surface area (Å²) in [5, 5.41) is 20.7. The lowest BCUT2D eigenvalue weighted by molar-refractivity contribution is -0.385. The van der Waals surface area contributed by atoms with Crippen LogP contribution in [-0.4, -0.2) is 35.8 Å².